The lowest BCUT2D eigenvalue weighted by Crippen LogP contribution is -2.20. The zero-order valence-corrected chi connectivity index (χ0v) is 22.1. The van der Waals surface area contributed by atoms with E-state index in [9.17, 15) is 53.9 Å². The smallest absolute Gasteiger partial charge is 0.422 e. The van der Waals surface area contributed by atoms with Crippen molar-refractivity contribution in [2.75, 3.05) is 19.8 Å². The number of hydrogen-bond acceptors (Lipinski definition) is 6. The Balaban J connectivity index is 1.96. The minimum Gasteiger partial charge on any atom is -0.452 e. The van der Waals surface area contributed by atoms with Crippen LogP contribution in [0, 0.1) is 0 Å². The summed E-state index contributed by atoms with van der Waals surface area (Å²) in [6.45, 7) is -5.46. The predicted octanol–water partition coefficient (Wildman–Crippen LogP) is 6.94. The lowest BCUT2D eigenvalue weighted by Gasteiger charge is -2.12. The van der Waals surface area contributed by atoms with Gasteiger partial charge in [-0.1, -0.05) is 6.07 Å². The maximum absolute atomic E-state index is 12.5. The molecule has 0 spiro atoms. The summed E-state index contributed by atoms with van der Waals surface area (Å²) in [5, 5.41) is 0. The third-order valence-corrected chi connectivity index (χ3v) is 7.27. The van der Waals surface area contributed by atoms with E-state index in [0.29, 0.717) is 14.7 Å². The third-order valence-electron chi connectivity index (χ3n) is 5.06. The van der Waals surface area contributed by atoms with Crippen molar-refractivity contribution in [1.29, 1.82) is 0 Å². The number of benzene rings is 3. The van der Waals surface area contributed by atoms with Gasteiger partial charge in [0.1, 0.15) is 0 Å². The molecule has 0 saturated heterocycles. The topological polar surface area (TPSA) is 78.9 Å². The SMILES string of the molecule is O=C(OCC(F)(F)F)c1ccc([S+](c2ccc(C(=O)OCC(F)(F)F)cc2)c2cccc(C(=O)OCC(F)(F)F)c2)cc1. The van der Waals surface area contributed by atoms with Crippen LogP contribution >= 0.6 is 0 Å². The van der Waals surface area contributed by atoms with Gasteiger partial charge in [-0.2, -0.15) is 39.5 Å². The van der Waals surface area contributed by atoms with Crippen molar-refractivity contribution in [2.45, 2.75) is 33.2 Å². The van der Waals surface area contributed by atoms with Crippen LogP contribution in [0.2, 0.25) is 0 Å². The lowest BCUT2D eigenvalue weighted by atomic mass is 10.2. The predicted molar refractivity (Wildman–Crippen MR) is 131 cm³/mol. The Kier molecular flexibility index (Phi) is 10.4. The van der Waals surface area contributed by atoms with E-state index in [1.165, 1.54) is 72.8 Å². The van der Waals surface area contributed by atoms with E-state index in [1.54, 1.807) is 0 Å². The molecule has 0 aromatic heterocycles. The second-order valence-corrected chi connectivity index (χ2v) is 10.5. The van der Waals surface area contributed by atoms with Crippen LogP contribution < -0.4 is 0 Å². The summed E-state index contributed by atoms with van der Waals surface area (Å²) >= 11 is 0. The molecule has 0 saturated carbocycles. The van der Waals surface area contributed by atoms with Gasteiger partial charge in [0.15, 0.2) is 34.5 Å². The monoisotopic (exact) mass is 641 g/mol. The van der Waals surface area contributed by atoms with Crippen LogP contribution in [0.3, 0.4) is 0 Å². The number of alkyl halides is 9. The molecule has 0 atom stereocenters. The molecule has 0 radical (unpaired) electrons. The zero-order valence-electron chi connectivity index (χ0n) is 21.3. The number of esters is 3. The van der Waals surface area contributed by atoms with Gasteiger partial charge in [0.2, 0.25) is 0 Å². The largest absolute Gasteiger partial charge is 0.452 e. The van der Waals surface area contributed by atoms with Crippen LogP contribution in [-0.4, -0.2) is 56.3 Å². The van der Waals surface area contributed by atoms with E-state index in [-0.39, 0.29) is 16.7 Å². The molecule has 6 nitrogen and oxygen atoms in total. The zero-order chi connectivity index (χ0) is 32.0. The number of halogens is 9. The standard InChI is InChI=1S/C27H18F9O6S/c28-25(29,30)13-40-22(37)16-4-8-19(9-5-16)43(20-10-6-17(7-11-20)23(38)41-14-26(31,32)33)21-3-1-2-18(12-21)24(39)42-15-27(34,35)36/h1-12H,13-15H2/q+1. The van der Waals surface area contributed by atoms with Crippen molar-refractivity contribution in [3.63, 3.8) is 0 Å². The Morgan fingerprint density at radius 3 is 1.19 bits per heavy atom. The highest BCUT2D eigenvalue weighted by Gasteiger charge is 2.34. The highest BCUT2D eigenvalue weighted by Crippen LogP contribution is 2.33. The number of hydrogen-bond donors (Lipinski definition) is 0. The van der Waals surface area contributed by atoms with Crippen LogP contribution in [0.4, 0.5) is 39.5 Å². The van der Waals surface area contributed by atoms with Gasteiger partial charge in [0.25, 0.3) is 0 Å². The molecule has 43 heavy (non-hydrogen) atoms. The van der Waals surface area contributed by atoms with Crippen LogP contribution in [-0.2, 0) is 25.1 Å². The second-order valence-electron chi connectivity index (χ2n) is 8.46. The summed E-state index contributed by atoms with van der Waals surface area (Å²) in [6, 6.07) is 15.4. The first kappa shape index (κ1) is 33.3. The van der Waals surface area contributed by atoms with Crippen molar-refractivity contribution >= 4 is 28.8 Å². The second kappa shape index (κ2) is 13.4. The molecule has 16 heteroatoms. The van der Waals surface area contributed by atoms with Crippen LogP contribution in [0.25, 0.3) is 0 Å². The fourth-order valence-corrected chi connectivity index (χ4v) is 5.40. The van der Waals surface area contributed by atoms with Crippen LogP contribution in [0.5, 0.6) is 0 Å². The molecule has 0 amide bonds. The van der Waals surface area contributed by atoms with E-state index in [0.717, 1.165) is 0 Å². The number of carbonyl (C=O) groups excluding carboxylic acids is 3. The number of carbonyl (C=O) groups is 3. The van der Waals surface area contributed by atoms with Crippen LogP contribution in [0.1, 0.15) is 31.1 Å². The van der Waals surface area contributed by atoms with E-state index >= 15 is 0 Å². The van der Waals surface area contributed by atoms with Crippen molar-refractivity contribution in [1.82, 2.24) is 0 Å². The first-order valence-electron chi connectivity index (χ1n) is 11.7. The molecule has 0 unspecified atom stereocenters. The summed E-state index contributed by atoms with van der Waals surface area (Å²) in [5.41, 5.74) is -0.716. The average Bonchev–Trinajstić information content (AvgIpc) is 2.93. The molecule has 3 rings (SSSR count). The van der Waals surface area contributed by atoms with Gasteiger partial charge < -0.3 is 14.2 Å². The average molecular weight is 641 g/mol. The first-order valence-corrected chi connectivity index (χ1v) is 12.9. The summed E-state index contributed by atoms with van der Waals surface area (Å²) in [7, 11) is -1.24. The van der Waals surface area contributed by atoms with Crippen molar-refractivity contribution in [2.24, 2.45) is 0 Å². The Labute approximate surface area is 239 Å². The molecule has 0 bridgehead atoms. The van der Waals surface area contributed by atoms with E-state index in [4.69, 9.17) is 0 Å². The van der Waals surface area contributed by atoms with Gasteiger partial charge >= 0.3 is 36.4 Å². The van der Waals surface area contributed by atoms with Gasteiger partial charge in [0.05, 0.1) is 27.6 Å². The molecule has 230 valence electrons. The summed E-state index contributed by atoms with van der Waals surface area (Å²) in [4.78, 5) is 37.4. The fraction of sp³-hybridized carbons (Fsp3) is 0.222. The van der Waals surface area contributed by atoms with Crippen LogP contribution in [0.15, 0.2) is 87.5 Å². The molecule has 3 aromatic carbocycles. The van der Waals surface area contributed by atoms with Crippen molar-refractivity contribution < 1.29 is 68.1 Å². The Morgan fingerprint density at radius 1 is 0.488 bits per heavy atom. The summed E-state index contributed by atoms with van der Waals surface area (Å²) < 4.78 is 125. The Bertz CT molecular complexity index is 1360. The quantitative estimate of drug-likeness (QED) is 0.109. The first-order chi connectivity index (χ1) is 19.9. The molecule has 0 fully saturated rings. The van der Waals surface area contributed by atoms with E-state index < -0.39 is 67.2 Å². The number of ether oxygens (including phenoxy) is 3. The molecule has 0 heterocycles. The fourth-order valence-electron chi connectivity index (χ4n) is 3.30. The molecule has 0 aliphatic carbocycles. The molecule has 0 aliphatic heterocycles. The number of rotatable bonds is 9. The highest BCUT2D eigenvalue weighted by atomic mass is 32.2. The van der Waals surface area contributed by atoms with Crippen molar-refractivity contribution in [3.05, 3.63) is 89.5 Å². The maximum Gasteiger partial charge on any atom is 0.422 e. The molecular weight excluding hydrogens is 623 g/mol. The summed E-state index contributed by atoms with van der Waals surface area (Å²) in [5.74, 6) is -3.81. The minimum atomic E-state index is -4.77. The van der Waals surface area contributed by atoms with Gasteiger partial charge in [0, 0.05) is 6.07 Å². The van der Waals surface area contributed by atoms with Gasteiger partial charge in [-0.3, -0.25) is 0 Å². The molecule has 0 aliphatic rings. The Hall–Kier alpha value is -4.21. The van der Waals surface area contributed by atoms with Crippen molar-refractivity contribution in [3.8, 4) is 0 Å². The van der Waals surface area contributed by atoms with E-state index in [2.05, 4.69) is 14.2 Å². The normalized spacial score (nSPS) is 12.1. The maximum atomic E-state index is 12.5. The Morgan fingerprint density at radius 2 is 0.837 bits per heavy atom. The third kappa shape index (κ3) is 10.5. The van der Waals surface area contributed by atoms with Gasteiger partial charge in [-0.15, -0.1) is 0 Å². The summed E-state index contributed by atoms with van der Waals surface area (Å²) in [6.07, 6.45) is -14.3. The molecule has 0 N–H and O–H groups in total. The van der Waals surface area contributed by atoms with Gasteiger partial charge in [-0.05, 0) is 60.7 Å². The molecule has 3 aromatic rings. The van der Waals surface area contributed by atoms with Gasteiger partial charge in [-0.25, -0.2) is 14.4 Å². The molecular formula is C27H18F9O6S+. The minimum absolute atomic E-state index is 0.233. The lowest BCUT2D eigenvalue weighted by molar-refractivity contribution is -0.161. The van der Waals surface area contributed by atoms with E-state index in [1.807, 2.05) is 0 Å². The highest BCUT2D eigenvalue weighted by molar-refractivity contribution is 7.97.